The molecule has 0 aliphatic rings. The van der Waals surface area contributed by atoms with Gasteiger partial charge in [0.1, 0.15) is 0 Å². The van der Waals surface area contributed by atoms with E-state index in [1.807, 2.05) is 24.3 Å². The predicted octanol–water partition coefficient (Wildman–Crippen LogP) is 3.49. The molecular weight excluding hydrogens is 248 g/mol. The van der Waals surface area contributed by atoms with Crippen molar-refractivity contribution in [2.75, 3.05) is 6.54 Å². The second-order valence-corrected chi connectivity index (χ2v) is 5.55. The third-order valence-corrected chi connectivity index (χ3v) is 3.25. The molecule has 3 heteroatoms. The molecule has 112 valence electrons. The van der Waals surface area contributed by atoms with Gasteiger partial charge in [-0.05, 0) is 24.1 Å². The van der Waals surface area contributed by atoms with Crippen LogP contribution in [0.15, 0.2) is 24.3 Å². The van der Waals surface area contributed by atoms with Crippen LogP contribution in [-0.2, 0) is 6.54 Å². The molecule has 0 saturated heterocycles. The van der Waals surface area contributed by atoms with Crippen LogP contribution >= 0.6 is 0 Å². The molecule has 0 saturated carbocycles. The van der Waals surface area contributed by atoms with E-state index in [2.05, 4.69) is 31.4 Å². The molecule has 0 spiro atoms. The van der Waals surface area contributed by atoms with Crippen LogP contribution in [0.25, 0.3) is 0 Å². The number of hydrogen-bond donors (Lipinski definition) is 2. The highest BCUT2D eigenvalue weighted by Gasteiger charge is 2.04. The van der Waals surface area contributed by atoms with Crippen LogP contribution in [0, 0.1) is 0 Å². The molecule has 0 aromatic heterocycles. The van der Waals surface area contributed by atoms with Crippen LogP contribution in [0.1, 0.15) is 62.4 Å². The van der Waals surface area contributed by atoms with E-state index in [0.717, 1.165) is 25.1 Å². The maximum Gasteiger partial charge on any atom is 0.251 e. The van der Waals surface area contributed by atoms with Crippen molar-refractivity contribution in [2.45, 2.75) is 59.0 Å². The van der Waals surface area contributed by atoms with Gasteiger partial charge in [-0.2, -0.15) is 0 Å². The summed E-state index contributed by atoms with van der Waals surface area (Å²) >= 11 is 0. The molecule has 0 fully saturated rings. The first-order valence-electron chi connectivity index (χ1n) is 7.74. The Morgan fingerprint density at radius 1 is 1.10 bits per heavy atom. The van der Waals surface area contributed by atoms with Crippen molar-refractivity contribution < 1.29 is 4.79 Å². The van der Waals surface area contributed by atoms with Crippen LogP contribution in [0.5, 0.6) is 0 Å². The third kappa shape index (κ3) is 6.71. The number of unbranched alkanes of at least 4 members (excludes halogenated alkanes) is 3. The lowest BCUT2D eigenvalue weighted by Crippen LogP contribution is -2.24. The monoisotopic (exact) mass is 276 g/mol. The van der Waals surface area contributed by atoms with E-state index in [0.29, 0.717) is 6.04 Å². The fraction of sp³-hybridized carbons (Fsp3) is 0.588. The van der Waals surface area contributed by atoms with Crippen molar-refractivity contribution in [3.05, 3.63) is 35.4 Å². The molecule has 0 aliphatic heterocycles. The Balaban J connectivity index is 2.33. The van der Waals surface area contributed by atoms with Crippen molar-refractivity contribution in [3.63, 3.8) is 0 Å². The van der Waals surface area contributed by atoms with Gasteiger partial charge < -0.3 is 10.6 Å². The Hall–Kier alpha value is -1.35. The lowest BCUT2D eigenvalue weighted by Gasteiger charge is -2.09. The molecule has 2 N–H and O–H groups in total. The van der Waals surface area contributed by atoms with Gasteiger partial charge in [-0.3, -0.25) is 4.79 Å². The van der Waals surface area contributed by atoms with Crippen LogP contribution in [0.4, 0.5) is 0 Å². The van der Waals surface area contributed by atoms with E-state index < -0.39 is 0 Å². The number of nitrogens with one attached hydrogen (secondary N) is 2. The maximum absolute atomic E-state index is 11.9. The first kappa shape index (κ1) is 16.7. The Kier molecular flexibility index (Phi) is 7.97. The highest BCUT2D eigenvalue weighted by molar-refractivity contribution is 5.94. The van der Waals surface area contributed by atoms with Crippen molar-refractivity contribution in [3.8, 4) is 0 Å². The van der Waals surface area contributed by atoms with Crippen LogP contribution in [-0.4, -0.2) is 18.5 Å². The summed E-state index contributed by atoms with van der Waals surface area (Å²) in [5.41, 5.74) is 1.95. The van der Waals surface area contributed by atoms with E-state index in [1.54, 1.807) is 0 Å². The highest BCUT2D eigenvalue weighted by Crippen LogP contribution is 2.05. The van der Waals surface area contributed by atoms with Crippen molar-refractivity contribution in [2.24, 2.45) is 0 Å². The molecular formula is C17H28N2O. The van der Waals surface area contributed by atoms with E-state index >= 15 is 0 Å². The number of rotatable bonds is 9. The second-order valence-electron chi connectivity index (χ2n) is 5.55. The minimum absolute atomic E-state index is 0.0323. The largest absolute Gasteiger partial charge is 0.352 e. The van der Waals surface area contributed by atoms with Gasteiger partial charge in [0.05, 0.1) is 0 Å². The smallest absolute Gasteiger partial charge is 0.251 e. The minimum atomic E-state index is 0.0323. The highest BCUT2D eigenvalue weighted by atomic mass is 16.1. The first-order valence-corrected chi connectivity index (χ1v) is 7.74. The molecule has 0 aliphatic carbocycles. The summed E-state index contributed by atoms with van der Waals surface area (Å²) in [7, 11) is 0. The molecule has 20 heavy (non-hydrogen) atoms. The zero-order valence-electron chi connectivity index (χ0n) is 13.0. The molecule has 0 heterocycles. The van der Waals surface area contributed by atoms with Gasteiger partial charge >= 0.3 is 0 Å². The Labute approximate surface area is 123 Å². The standard InChI is InChI=1S/C17H28N2O/c1-4-5-6-7-12-18-17(20)16-10-8-15(9-11-16)13-19-14(2)3/h8-11,14,19H,4-7,12-13H2,1-3H3,(H,18,20). The van der Waals surface area contributed by atoms with Crippen molar-refractivity contribution in [1.82, 2.24) is 10.6 Å². The molecule has 0 radical (unpaired) electrons. The maximum atomic E-state index is 11.9. The van der Waals surface area contributed by atoms with Gasteiger partial charge in [0.2, 0.25) is 0 Å². The summed E-state index contributed by atoms with van der Waals surface area (Å²) in [5, 5.41) is 6.34. The summed E-state index contributed by atoms with van der Waals surface area (Å²) in [4.78, 5) is 11.9. The Bertz CT molecular complexity index is 384. The quantitative estimate of drug-likeness (QED) is 0.678. The molecule has 0 bridgehead atoms. The number of benzene rings is 1. The number of carbonyl (C=O) groups excluding carboxylic acids is 1. The fourth-order valence-electron chi connectivity index (χ4n) is 1.95. The van der Waals surface area contributed by atoms with Crippen LogP contribution in [0.2, 0.25) is 0 Å². The summed E-state index contributed by atoms with van der Waals surface area (Å²) in [5.74, 6) is 0.0323. The zero-order valence-corrected chi connectivity index (χ0v) is 13.0. The normalized spacial score (nSPS) is 10.8. The van der Waals surface area contributed by atoms with Crippen molar-refractivity contribution in [1.29, 1.82) is 0 Å². The van der Waals surface area contributed by atoms with Gasteiger partial charge in [-0.25, -0.2) is 0 Å². The minimum Gasteiger partial charge on any atom is -0.352 e. The van der Waals surface area contributed by atoms with Gasteiger partial charge in [-0.15, -0.1) is 0 Å². The topological polar surface area (TPSA) is 41.1 Å². The molecule has 3 nitrogen and oxygen atoms in total. The second kappa shape index (κ2) is 9.54. The van der Waals surface area contributed by atoms with Gasteiger partial charge in [0.25, 0.3) is 5.91 Å². The summed E-state index contributed by atoms with van der Waals surface area (Å²) in [6.45, 7) is 8.06. The molecule has 0 unspecified atom stereocenters. The fourth-order valence-corrected chi connectivity index (χ4v) is 1.95. The zero-order chi connectivity index (χ0) is 14.8. The van der Waals surface area contributed by atoms with Crippen LogP contribution in [0.3, 0.4) is 0 Å². The van der Waals surface area contributed by atoms with Gasteiger partial charge in [0.15, 0.2) is 0 Å². The van der Waals surface area contributed by atoms with E-state index in [1.165, 1.54) is 24.8 Å². The van der Waals surface area contributed by atoms with Gasteiger partial charge in [-0.1, -0.05) is 52.2 Å². The molecule has 1 aromatic rings. The van der Waals surface area contributed by atoms with Gasteiger partial charge in [0, 0.05) is 24.7 Å². The summed E-state index contributed by atoms with van der Waals surface area (Å²) < 4.78 is 0. The number of hydrogen-bond acceptors (Lipinski definition) is 2. The molecule has 1 amide bonds. The van der Waals surface area contributed by atoms with Crippen molar-refractivity contribution >= 4 is 5.91 Å². The molecule has 1 rings (SSSR count). The summed E-state index contributed by atoms with van der Waals surface area (Å²) in [6, 6.07) is 8.31. The lowest BCUT2D eigenvalue weighted by atomic mass is 10.1. The third-order valence-electron chi connectivity index (χ3n) is 3.25. The molecule has 0 atom stereocenters. The predicted molar refractivity (Wildman–Crippen MR) is 84.9 cm³/mol. The summed E-state index contributed by atoms with van der Waals surface area (Å²) in [6.07, 6.45) is 4.72. The molecule has 1 aromatic carbocycles. The average Bonchev–Trinajstić information content (AvgIpc) is 2.45. The Morgan fingerprint density at radius 3 is 2.40 bits per heavy atom. The average molecular weight is 276 g/mol. The lowest BCUT2D eigenvalue weighted by molar-refractivity contribution is 0.0953. The van der Waals surface area contributed by atoms with E-state index in [-0.39, 0.29) is 5.91 Å². The number of amides is 1. The first-order chi connectivity index (χ1) is 9.63. The van der Waals surface area contributed by atoms with E-state index in [4.69, 9.17) is 0 Å². The SMILES string of the molecule is CCCCCCNC(=O)c1ccc(CNC(C)C)cc1. The Morgan fingerprint density at radius 2 is 1.80 bits per heavy atom. The van der Waals surface area contributed by atoms with E-state index in [9.17, 15) is 4.79 Å². The van der Waals surface area contributed by atoms with Crippen LogP contribution < -0.4 is 10.6 Å². The number of carbonyl (C=O) groups is 1.